The Morgan fingerprint density at radius 1 is 1.15 bits per heavy atom. The number of hydrogen-bond acceptors (Lipinski definition) is 4. The van der Waals surface area contributed by atoms with Crippen LogP contribution in [0.4, 0.5) is 0 Å². The van der Waals surface area contributed by atoms with E-state index in [4.69, 9.17) is 9.47 Å². The molecule has 0 spiro atoms. The Morgan fingerprint density at radius 2 is 1.85 bits per heavy atom. The van der Waals surface area contributed by atoms with Crippen LogP contribution in [0.25, 0.3) is 0 Å². The molecule has 0 saturated carbocycles. The van der Waals surface area contributed by atoms with Crippen LogP contribution in [0.2, 0.25) is 0 Å². The average molecular weight is 354 g/mol. The zero-order valence-electron chi connectivity index (χ0n) is 16.0. The van der Waals surface area contributed by atoms with E-state index < -0.39 is 0 Å². The summed E-state index contributed by atoms with van der Waals surface area (Å²) in [6.07, 6.45) is 1.55. The first-order valence-electron chi connectivity index (χ1n) is 8.60. The van der Waals surface area contributed by atoms with Gasteiger partial charge in [-0.25, -0.2) is 5.43 Å². The van der Waals surface area contributed by atoms with Crippen LogP contribution in [-0.4, -0.2) is 25.8 Å². The first-order chi connectivity index (χ1) is 12.3. The van der Waals surface area contributed by atoms with E-state index in [2.05, 4.69) is 31.3 Å². The van der Waals surface area contributed by atoms with Crippen molar-refractivity contribution in [3.05, 3.63) is 59.2 Å². The van der Waals surface area contributed by atoms with Gasteiger partial charge in [-0.15, -0.1) is 0 Å². The van der Waals surface area contributed by atoms with Crippen molar-refractivity contribution in [3.8, 4) is 11.5 Å². The van der Waals surface area contributed by atoms with E-state index in [0.29, 0.717) is 23.7 Å². The van der Waals surface area contributed by atoms with Crippen LogP contribution in [0.1, 0.15) is 49.2 Å². The first kappa shape index (κ1) is 19.5. The van der Waals surface area contributed by atoms with Gasteiger partial charge in [-0.05, 0) is 48.2 Å². The summed E-state index contributed by atoms with van der Waals surface area (Å²) in [6.45, 7) is 8.86. The highest BCUT2D eigenvalue weighted by molar-refractivity contribution is 5.95. The number of hydrogen-bond donors (Lipinski definition) is 1. The molecule has 0 heterocycles. The molecule has 5 nitrogen and oxygen atoms in total. The second-order valence-electron chi connectivity index (χ2n) is 6.86. The van der Waals surface area contributed by atoms with Gasteiger partial charge in [-0.2, -0.15) is 5.10 Å². The number of hydrazone groups is 1. The molecule has 2 aromatic carbocycles. The molecule has 0 aliphatic rings. The average Bonchev–Trinajstić information content (AvgIpc) is 2.62. The minimum absolute atomic E-state index is 0.0508. The van der Waals surface area contributed by atoms with Crippen LogP contribution in [0, 0.1) is 0 Å². The highest BCUT2D eigenvalue weighted by Crippen LogP contribution is 2.23. The van der Waals surface area contributed by atoms with Gasteiger partial charge in [-0.1, -0.05) is 32.9 Å². The van der Waals surface area contributed by atoms with Crippen LogP contribution >= 0.6 is 0 Å². The number of nitrogens with zero attached hydrogens (tertiary/aromatic N) is 1. The fraction of sp³-hybridized carbons (Fsp3) is 0.333. The summed E-state index contributed by atoms with van der Waals surface area (Å²) in [5, 5.41) is 4.05. The van der Waals surface area contributed by atoms with E-state index in [0.717, 1.165) is 5.56 Å². The molecule has 0 aromatic heterocycles. The molecule has 0 aliphatic carbocycles. The summed E-state index contributed by atoms with van der Waals surface area (Å²) in [6, 6.07) is 13.0. The highest BCUT2D eigenvalue weighted by Gasteiger charge is 2.14. The van der Waals surface area contributed by atoms with Crippen molar-refractivity contribution in [3.63, 3.8) is 0 Å². The second kappa shape index (κ2) is 8.52. The largest absolute Gasteiger partial charge is 0.497 e. The van der Waals surface area contributed by atoms with E-state index in [1.54, 1.807) is 19.4 Å². The molecule has 0 unspecified atom stereocenters. The standard InChI is InChI=1S/C21H26N2O3/c1-6-26-19-12-11-18(25-5)13-16(19)14-22-23-20(24)15-7-9-17(10-8-15)21(2,3)4/h7-14H,6H2,1-5H3,(H,23,24)/b22-14-. The number of rotatable bonds is 6. The number of carbonyl (C=O) groups is 1. The SMILES string of the molecule is CCOc1ccc(OC)cc1/C=N\NC(=O)c1ccc(C(C)(C)C)cc1. The molecule has 0 atom stereocenters. The predicted molar refractivity (Wildman–Crippen MR) is 104 cm³/mol. The van der Waals surface area contributed by atoms with Crippen molar-refractivity contribution >= 4 is 12.1 Å². The zero-order chi connectivity index (χ0) is 19.2. The molecule has 138 valence electrons. The molecule has 1 N–H and O–H groups in total. The number of ether oxygens (including phenoxy) is 2. The van der Waals surface area contributed by atoms with Crippen LogP contribution < -0.4 is 14.9 Å². The first-order valence-corrected chi connectivity index (χ1v) is 8.60. The van der Waals surface area contributed by atoms with E-state index in [1.165, 1.54) is 5.56 Å². The topological polar surface area (TPSA) is 59.9 Å². The normalized spacial score (nSPS) is 11.4. The van der Waals surface area contributed by atoms with Gasteiger partial charge >= 0.3 is 0 Å². The lowest BCUT2D eigenvalue weighted by atomic mass is 9.87. The smallest absolute Gasteiger partial charge is 0.271 e. The summed E-state index contributed by atoms with van der Waals surface area (Å²) in [5.74, 6) is 1.11. The summed E-state index contributed by atoms with van der Waals surface area (Å²) >= 11 is 0. The third-order valence-corrected chi connectivity index (χ3v) is 3.90. The van der Waals surface area contributed by atoms with Crippen molar-refractivity contribution < 1.29 is 14.3 Å². The lowest BCUT2D eigenvalue weighted by Crippen LogP contribution is -2.18. The number of benzene rings is 2. The van der Waals surface area contributed by atoms with Crippen molar-refractivity contribution in [2.24, 2.45) is 5.10 Å². The van der Waals surface area contributed by atoms with Gasteiger partial charge in [0.25, 0.3) is 5.91 Å². The molecule has 2 aromatic rings. The van der Waals surface area contributed by atoms with Crippen LogP contribution in [0.3, 0.4) is 0 Å². The van der Waals surface area contributed by atoms with Crippen LogP contribution in [0.5, 0.6) is 11.5 Å². The molecule has 0 aliphatic heterocycles. The Hall–Kier alpha value is -2.82. The summed E-state index contributed by atoms with van der Waals surface area (Å²) in [5.41, 5.74) is 5.07. The van der Waals surface area contributed by atoms with Crippen LogP contribution in [0.15, 0.2) is 47.6 Å². The molecule has 0 bridgehead atoms. The van der Waals surface area contributed by atoms with Gasteiger partial charge < -0.3 is 9.47 Å². The molecular weight excluding hydrogens is 328 g/mol. The number of nitrogens with one attached hydrogen (secondary N) is 1. The molecule has 5 heteroatoms. The Balaban J connectivity index is 2.09. The van der Waals surface area contributed by atoms with E-state index in [1.807, 2.05) is 43.3 Å². The van der Waals surface area contributed by atoms with Crippen molar-refractivity contribution in [1.82, 2.24) is 5.43 Å². The lowest BCUT2D eigenvalue weighted by molar-refractivity contribution is 0.0955. The van der Waals surface area contributed by atoms with Crippen molar-refractivity contribution in [1.29, 1.82) is 0 Å². The molecular formula is C21H26N2O3. The summed E-state index contributed by atoms with van der Waals surface area (Å²) in [7, 11) is 1.60. The van der Waals surface area contributed by atoms with E-state index >= 15 is 0 Å². The summed E-state index contributed by atoms with van der Waals surface area (Å²) < 4.78 is 10.8. The maximum atomic E-state index is 12.2. The molecule has 0 fully saturated rings. The fourth-order valence-corrected chi connectivity index (χ4v) is 2.39. The van der Waals surface area contributed by atoms with Gasteiger partial charge in [-0.3, -0.25) is 4.79 Å². The van der Waals surface area contributed by atoms with Crippen molar-refractivity contribution in [2.45, 2.75) is 33.1 Å². The van der Waals surface area contributed by atoms with Gasteiger partial charge in [0.2, 0.25) is 0 Å². The molecule has 0 radical (unpaired) electrons. The maximum Gasteiger partial charge on any atom is 0.271 e. The van der Waals surface area contributed by atoms with Crippen molar-refractivity contribution in [2.75, 3.05) is 13.7 Å². The number of carbonyl (C=O) groups excluding carboxylic acids is 1. The fourth-order valence-electron chi connectivity index (χ4n) is 2.39. The minimum Gasteiger partial charge on any atom is -0.497 e. The van der Waals surface area contributed by atoms with Gasteiger partial charge in [0, 0.05) is 11.1 Å². The Morgan fingerprint density at radius 3 is 2.42 bits per heavy atom. The lowest BCUT2D eigenvalue weighted by Gasteiger charge is -2.18. The third-order valence-electron chi connectivity index (χ3n) is 3.90. The Kier molecular flexibility index (Phi) is 6.39. The molecule has 1 amide bonds. The maximum absolute atomic E-state index is 12.2. The Bertz CT molecular complexity index is 775. The summed E-state index contributed by atoms with van der Waals surface area (Å²) in [4.78, 5) is 12.2. The Labute approximate surface area is 155 Å². The minimum atomic E-state index is -0.262. The van der Waals surface area contributed by atoms with Gasteiger partial charge in [0.1, 0.15) is 11.5 Å². The number of methoxy groups -OCH3 is 1. The predicted octanol–water partition coefficient (Wildman–Crippen LogP) is 4.16. The molecule has 2 rings (SSSR count). The van der Waals surface area contributed by atoms with Crippen LogP contribution in [-0.2, 0) is 5.41 Å². The van der Waals surface area contributed by atoms with E-state index in [9.17, 15) is 4.79 Å². The molecule has 26 heavy (non-hydrogen) atoms. The van der Waals surface area contributed by atoms with E-state index in [-0.39, 0.29) is 11.3 Å². The van der Waals surface area contributed by atoms with Gasteiger partial charge in [0.15, 0.2) is 0 Å². The van der Waals surface area contributed by atoms with Gasteiger partial charge in [0.05, 0.1) is 19.9 Å². The number of amides is 1. The highest BCUT2D eigenvalue weighted by atomic mass is 16.5. The second-order valence-corrected chi connectivity index (χ2v) is 6.86. The molecule has 0 saturated heterocycles. The quantitative estimate of drug-likeness (QED) is 0.626. The zero-order valence-corrected chi connectivity index (χ0v) is 16.0. The monoisotopic (exact) mass is 354 g/mol. The third kappa shape index (κ3) is 5.09.